The molecule has 4 aromatic rings. The summed E-state index contributed by atoms with van der Waals surface area (Å²) in [6.07, 6.45) is 0. The van der Waals surface area contributed by atoms with E-state index in [0.717, 1.165) is 5.56 Å². The third-order valence-electron chi connectivity index (χ3n) is 6.31. The molecule has 0 unspecified atom stereocenters. The second-order valence-electron chi connectivity index (χ2n) is 9.04. The maximum absolute atomic E-state index is 13.8. The van der Waals surface area contributed by atoms with Crippen molar-refractivity contribution < 1.29 is 96.3 Å². The van der Waals surface area contributed by atoms with Crippen molar-refractivity contribution in [2.45, 2.75) is 23.6 Å². The zero-order valence-electron chi connectivity index (χ0n) is 23.0. The number of hydrogen-bond donors (Lipinski definition) is 2. The molecule has 14 heteroatoms. The average Bonchev–Trinajstić information content (AvgIpc) is 2.92. The quantitative estimate of drug-likeness (QED) is 0.0698. The monoisotopic (exact) mass is 622 g/mol. The van der Waals surface area contributed by atoms with Gasteiger partial charge in [-0.15, -0.1) is 0 Å². The van der Waals surface area contributed by atoms with Crippen molar-refractivity contribution >= 4 is 56.5 Å². The summed E-state index contributed by atoms with van der Waals surface area (Å²) in [6.45, 7) is 3.50. The van der Waals surface area contributed by atoms with Crippen molar-refractivity contribution in [2.75, 3.05) is 10.6 Å². The number of rotatable bonds is 8. The molecule has 0 aliphatic heterocycles. The van der Waals surface area contributed by atoms with Gasteiger partial charge in [0.05, 0.1) is 55.7 Å². The molecule has 4 aromatic carbocycles. The van der Waals surface area contributed by atoms with Gasteiger partial charge in [0.2, 0.25) is 0 Å². The number of carbonyl (C=O) groups excluding carboxylic acids is 2. The van der Waals surface area contributed by atoms with E-state index in [1.165, 1.54) is 30.3 Å². The first-order valence-electron chi connectivity index (χ1n) is 11.8. The van der Waals surface area contributed by atoms with Gasteiger partial charge in [0, 0.05) is 11.1 Å². The summed E-state index contributed by atoms with van der Waals surface area (Å²) in [6, 6.07) is 19.0. The third kappa shape index (κ3) is 7.02. The summed E-state index contributed by atoms with van der Waals surface area (Å²) < 4.78 is 40.2. The summed E-state index contributed by atoms with van der Waals surface area (Å²) in [4.78, 5) is 27.6. The molecule has 0 heterocycles. The molecule has 1 aliphatic carbocycles. The average molecular weight is 623 g/mol. The molecule has 0 radical (unpaired) electrons. The van der Waals surface area contributed by atoms with E-state index in [9.17, 15) is 27.8 Å². The van der Waals surface area contributed by atoms with E-state index >= 15 is 0 Å². The summed E-state index contributed by atoms with van der Waals surface area (Å²) >= 11 is 0.692. The predicted molar refractivity (Wildman–Crippen MR) is 145 cm³/mol. The molecule has 0 saturated heterocycles. The Labute approximate surface area is 290 Å². The van der Waals surface area contributed by atoms with Gasteiger partial charge in [0.25, 0.3) is 0 Å². The Morgan fingerprint density at radius 2 is 1.21 bits per heavy atom. The number of benzene rings is 4. The molecular weight excluding hydrogens is 602 g/mol. The van der Waals surface area contributed by atoms with Crippen molar-refractivity contribution in [1.82, 2.24) is 0 Å². The summed E-state index contributed by atoms with van der Waals surface area (Å²) in [7, 11) is -4.83. The minimum atomic E-state index is -4.83. The number of aryl methyl sites for hydroxylation is 2. The Morgan fingerprint density at radius 1 is 0.714 bits per heavy atom. The standard InChI is InChI=1S/C28H22N2O8S2.2Na/c1-15-9-11-19(23(13-15)39-38-37-33)29-21-7-3-5-17-25(21)27(31)18-6-4-8-22(26(18)28(17)32)30-20-12-10-16(2)14-24(20)40(34,35)36;;/h3-14,29-30,33H,1-2H3,(H,34,35,36);;/q;2*+1/p-2. The minimum Gasteiger partial charge on any atom is -0.744 e. The van der Waals surface area contributed by atoms with Crippen LogP contribution in [-0.2, 0) is 19.5 Å². The van der Waals surface area contributed by atoms with Gasteiger partial charge in [-0.2, -0.15) is 4.33 Å². The molecule has 0 amide bonds. The maximum Gasteiger partial charge on any atom is 1.00 e. The van der Waals surface area contributed by atoms with Gasteiger partial charge in [-0.1, -0.05) is 36.4 Å². The summed E-state index contributed by atoms with van der Waals surface area (Å²) in [5.41, 5.74) is 2.93. The van der Waals surface area contributed by atoms with Crippen LogP contribution in [0.4, 0.5) is 22.7 Å². The van der Waals surface area contributed by atoms with Crippen LogP contribution >= 0.6 is 12.0 Å². The molecule has 10 nitrogen and oxygen atoms in total. The SMILES string of the molecule is Cc1ccc(Nc2cccc3c2C(=O)c2cccc(Nc4ccc(C)cc4S(=O)(=O)[O-])c2C3=O)c(SOO[O-])c1.[Na+].[Na+]. The summed E-state index contributed by atoms with van der Waals surface area (Å²) in [5, 5.41) is 19.9. The fraction of sp³-hybridized carbons (Fsp3) is 0.0714. The van der Waals surface area contributed by atoms with Crippen molar-refractivity contribution in [3.05, 3.63) is 106 Å². The van der Waals surface area contributed by atoms with Crippen LogP contribution in [-0.4, -0.2) is 24.5 Å². The predicted octanol–water partition coefficient (Wildman–Crippen LogP) is -1.29. The van der Waals surface area contributed by atoms with Crippen LogP contribution in [0.5, 0.6) is 0 Å². The Morgan fingerprint density at radius 3 is 1.74 bits per heavy atom. The molecule has 0 bridgehead atoms. The van der Waals surface area contributed by atoms with Crippen LogP contribution in [0.3, 0.4) is 0 Å². The van der Waals surface area contributed by atoms with E-state index in [2.05, 4.69) is 20.0 Å². The topological polar surface area (TPSA) is 157 Å². The number of nitrogens with one attached hydrogen (secondary N) is 2. The molecule has 0 saturated carbocycles. The van der Waals surface area contributed by atoms with E-state index in [0.29, 0.717) is 33.9 Å². The molecule has 1 aliphatic rings. The van der Waals surface area contributed by atoms with Crippen molar-refractivity contribution in [1.29, 1.82) is 0 Å². The molecule has 5 rings (SSSR count). The number of ketones is 2. The second kappa shape index (κ2) is 14.2. The van der Waals surface area contributed by atoms with E-state index < -0.39 is 26.6 Å². The van der Waals surface area contributed by atoms with Crippen LogP contribution < -0.4 is 75.0 Å². The Bertz CT molecular complexity index is 1800. The number of anilines is 4. The van der Waals surface area contributed by atoms with Gasteiger partial charge in [0.1, 0.15) is 10.1 Å². The van der Waals surface area contributed by atoms with Crippen LogP contribution in [0.25, 0.3) is 0 Å². The van der Waals surface area contributed by atoms with Gasteiger partial charge in [0.15, 0.2) is 11.6 Å². The van der Waals surface area contributed by atoms with Crippen molar-refractivity contribution in [3.8, 4) is 0 Å². The second-order valence-corrected chi connectivity index (χ2v) is 11.1. The molecule has 42 heavy (non-hydrogen) atoms. The Hall–Kier alpha value is -2.04. The van der Waals surface area contributed by atoms with Gasteiger partial charge < -0.3 is 20.4 Å². The van der Waals surface area contributed by atoms with E-state index in [4.69, 9.17) is 0 Å². The number of hydrogen-bond acceptors (Lipinski definition) is 11. The fourth-order valence-corrected chi connectivity index (χ4v) is 5.79. The first-order valence-corrected chi connectivity index (χ1v) is 13.9. The molecule has 2 N–H and O–H groups in total. The van der Waals surface area contributed by atoms with E-state index in [1.54, 1.807) is 43.3 Å². The zero-order chi connectivity index (χ0) is 28.6. The molecule has 0 aromatic heterocycles. The largest absolute Gasteiger partial charge is 1.00 e. The van der Waals surface area contributed by atoms with Crippen molar-refractivity contribution in [3.63, 3.8) is 0 Å². The van der Waals surface area contributed by atoms with Crippen LogP contribution in [0, 0.1) is 13.8 Å². The van der Waals surface area contributed by atoms with E-state index in [1.807, 2.05) is 13.0 Å². The first-order chi connectivity index (χ1) is 19.1. The summed E-state index contributed by atoms with van der Waals surface area (Å²) in [5.74, 6) is -0.894. The van der Waals surface area contributed by atoms with Gasteiger partial charge >= 0.3 is 59.1 Å². The van der Waals surface area contributed by atoms with Crippen LogP contribution in [0.15, 0.2) is 82.6 Å². The maximum atomic E-state index is 13.8. The Balaban J connectivity index is 0.00000242. The van der Waals surface area contributed by atoms with Crippen LogP contribution in [0.2, 0.25) is 0 Å². The first kappa shape index (κ1) is 34.5. The van der Waals surface area contributed by atoms with Gasteiger partial charge in [-0.3, -0.25) is 14.6 Å². The smallest absolute Gasteiger partial charge is 0.744 e. The molecular formula is C28H20N2Na2O8S2. The molecule has 0 atom stereocenters. The Kier molecular flexibility index (Phi) is 11.6. The molecule has 0 spiro atoms. The number of carbonyl (C=O) groups is 2. The molecule has 204 valence electrons. The van der Waals surface area contributed by atoms with Gasteiger partial charge in [-0.05, 0) is 61.4 Å². The zero-order valence-corrected chi connectivity index (χ0v) is 28.6. The van der Waals surface area contributed by atoms with Gasteiger partial charge in [-0.25, -0.2) is 8.42 Å². The van der Waals surface area contributed by atoms with E-state index in [-0.39, 0.29) is 92.7 Å². The molecule has 0 fully saturated rings. The van der Waals surface area contributed by atoms with Crippen molar-refractivity contribution in [2.24, 2.45) is 0 Å². The third-order valence-corrected chi connectivity index (χ3v) is 7.82. The fourth-order valence-electron chi connectivity index (χ4n) is 4.53. The number of fused-ring (bicyclic) bond motifs is 2. The normalized spacial score (nSPS) is 12.0. The minimum absolute atomic E-state index is 0. The van der Waals surface area contributed by atoms with Crippen LogP contribution in [0.1, 0.15) is 43.0 Å².